The maximum atomic E-state index is 13.7. The largest absolute Gasteiger partial charge is 0.340 e. The van der Waals surface area contributed by atoms with Gasteiger partial charge in [-0.3, -0.25) is 0 Å². The van der Waals surface area contributed by atoms with E-state index >= 15 is 0 Å². The summed E-state index contributed by atoms with van der Waals surface area (Å²) in [5, 5.41) is 11.3. The van der Waals surface area contributed by atoms with Gasteiger partial charge in [0.05, 0.1) is 5.69 Å². The average Bonchev–Trinajstić information content (AvgIpc) is 2.79. The van der Waals surface area contributed by atoms with Crippen LogP contribution in [0.15, 0.2) is 72.8 Å². The van der Waals surface area contributed by atoms with Crippen LogP contribution >= 0.6 is 0 Å². The van der Waals surface area contributed by atoms with Crippen LogP contribution < -0.4 is 21.3 Å². The highest BCUT2D eigenvalue weighted by atomic mass is 19.1. The van der Waals surface area contributed by atoms with Gasteiger partial charge in [-0.1, -0.05) is 17.7 Å². The third-order valence-electron chi connectivity index (χ3n) is 4.75. The van der Waals surface area contributed by atoms with Crippen molar-refractivity contribution in [1.29, 1.82) is 0 Å². The zero-order chi connectivity index (χ0) is 24.1. The van der Waals surface area contributed by atoms with Gasteiger partial charge in [0.1, 0.15) is 29.1 Å². The smallest absolute Gasteiger partial charge is 0.323 e. The molecule has 7 nitrogen and oxygen atoms in total. The third-order valence-corrected chi connectivity index (χ3v) is 4.75. The molecule has 4 rings (SSSR count). The lowest BCUT2D eigenvalue weighted by atomic mass is 10.2. The molecule has 1 aromatic heterocycles. The van der Waals surface area contributed by atoms with Gasteiger partial charge in [0.25, 0.3) is 0 Å². The van der Waals surface area contributed by atoms with E-state index in [9.17, 15) is 13.6 Å². The standard InChI is InChI=1S/C25H22F2N6O/c1-15-3-6-18(7-4-15)30-23-14-24(29-16(2)28-23)31-19-8-10-20(11-9-19)32-25(34)33-22-13-17(26)5-12-21(22)27/h3-14H,1-2H3,(H2,32,33,34)(H2,28,29,30,31). The normalized spacial score (nSPS) is 10.5. The van der Waals surface area contributed by atoms with Gasteiger partial charge in [-0.25, -0.2) is 23.5 Å². The summed E-state index contributed by atoms with van der Waals surface area (Å²) in [4.78, 5) is 20.9. The van der Waals surface area contributed by atoms with Crippen molar-refractivity contribution in [2.24, 2.45) is 0 Å². The quantitative estimate of drug-likeness (QED) is 0.264. The van der Waals surface area contributed by atoms with Gasteiger partial charge in [0, 0.05) is 29.2 Å². The molecule has 0 atom stereocenters. The molecule has 3 aromatic carbocycles. The number of carbonyl (C=O) groups excluding carboxylic acids is 1. The van der Waals surface area contributed by atoms with Gasteiger partial charge in [-0.15, -0.1) is 0 Å². The monoisotopic (exact) mass is 460 g/mol. The van der Waals surface area contributed by atoms with Crippen LogP contribution in [0.5, 0.6) is 0 Å². The number of hydrogen-bond donors (Lipinski definition) is 4. The summed E-state index contributed by atoms with van der Waals surface area (Å²) >= 11 is 0. The molecule has 172 valence electrons. The third kappa shape index (κ3) is 6.04. The number of anilines is 6. The molecule has 0 aliphatic carbocycles. The second kappa shape index (κ2) is 9.95. The predicted octanol–water partition coefficient (Wildman–Crippen LogP) is 6.50. The highest BCUT2D eigenvalue weighted by Gasteiger charge is 2.09. The topological polar surface area (TPSA) is 91.0 Å². The van der Waals surface area contributed by atoms with Crippen LogP contribution in [-0.2, 0) is 0 Å². The molecule has 0 saturated heterocycles. The lowest BCUT2D eigenvalue weighted by Gasteiger charge is -2.12. The van der Waals surface area contributed by atoms with Crippen LogP contribution in [0, 0.1) is 25.5 Å². The van der Waals surface area contributed by atoms with Crippen LogP contribution in [-0.4, -0.2) is 16.0 Å². The minimum absolute atomic E-state index is 0.245. The summed E-state index contributed by atoms with van der Waals surface area (Å²) in [6.45, 7) is 3.83. The van der Waals surface area contributed by atoms with E-state index in [4.69, 9.17) is 0 Å². The van der Waals surface area contributed by atoms with E-state index < -0.39 is 17.7 Å². The van der Waals surface area contributed by atoms with Gasteiger partial charge in [0.15, 0.2) is 0 Å². The second-order valence-electron chi connectivity index (χ2n) is 7.58. The summed E-state index contributed by atoms with van der Waals surface area (Å²) in [6, 6.07) is 18.8. The Balaban J connectivity index is 1.39. The maximum Gasteiger partial charge on any atom is 0.323 e. The van der Waals surface area contributed by atoms with Crippen molar-refractivity contribution in [3.63, 3.8) is 0 Å². The number of aromatic nitrogens is 2. The predicted molar refractivity (Wildman–Crippen MR) is 130 cm³/mol. The SMILES string of the molecule is Cc1ccc(Nc2cc(Nc3ccc(NC(=O)Nc4cc(F)ccc4F)cc3)nc(C)n2)cc1. The number of nitrogens with one attached hydrogen (secondary N) is 4. The van der Waals surface area contributed by atoms with Gasteiger partial charge >= 0.3 is 6.03 Å². The number of halogens is 2. The number of amides is 2. The van der Waals surface area contributed by atoms with E-state index in [1.165, 1.54) is 5.56 Å². The van der Waals surface area contributed by atoms with Crippen LogP contribution in [0.2, 0.25) is 0 Å². The maximum absolute atomic E-state index is 13.7. The van der Waals surface area contributed by atoms with Crippen molar-refractivity contribution in [1.82, 2.24) is 9.97 Å². The number of nitrogens with zero attached hydrogens (tertiary/aromatic N) is 2. The molecule has 0 aliphatic heterocycles. The average molecular weight is 460 g/mol. The molecule has 0 radical (unpaired) electrons. The molecular formula is C25H22F2N6O. The van der Waals surface area contributed by atoms with E-state index in [1.807, 2.05) is 31.2 Å². The fourth-order valence-electron chi connectivity index (χ4n) is 3.14. The van der Waals surface area contributed by atoms with Crippen molar-refractivity contribution in [3.05, 3.63) is 95.8 Å². The zero-order valence-electron chi connectivity index (χ0n) is 18.5. The van der Waals surface area contributed by atoms with Crippen molar-refractivity contribution >= 4 is 40.4 Å². The lowest BCUT2D eigenvalue weighted by molar-refractivity contribution is 0.262. The summed E-state index contributed by atoms with van der Waals surface area (Å²) in [5.74, 6) is 0.469. The Kier molecular flexibility index (Phi) is 6.63. The van der Waals surface area contributed by atoms with Gasteiger partial charge in [0.2, 0.25) is 0 Å². The van der Waals surface area contributed by atoms with E-state index in [2.05, 4.69) is 31.2 Å². The molecule has 0 fully saturated rings. The lowest BCUT2D eigenvalue weighted by Crippen LogP contribution is -2.20. The fourth-order valence-corrected chi connectivity index (χ4v) is 3.14. The van der Waals surface area contributed by atoms with Crippen LogP contribution in [0.3, 0.4) is 0 Å². The first kappa shape index (κ1) is 22.7. The van der Waals surface area contributed by atoms with Crippen molar-refractivity contribution < 1.29 is 13.6 Å². The van der Waals surface area contributed by atoms with E-state index in [-0.39, 0.29) is 5.69 Å². The molecule has 4 aromatic rings. The van der Waals surface area contributed by atoms with Crippen molar-refractivity contribution in [2.45, 2.75) is 13.8 Å². The van der Waals surface area contributed by atoms with Gasteiger partial charge in [-0.2, -0.15) is 0 Å². The Labute approximate surface area is 195 Å². The highest BCUT2D eigenvalue weighted by Crippen LogP contribution is 2.22. The number of urea groups is 1. The van der Waals surface area contributed by atoms with Crippen molar-refractivity contribution in [3.8, 4) is 0 Å². The first-order chi connectivity index (χ1) is 16.3. The molecule has 0 aliphatic rings. The Morgan fingerprint density at radius 2 is 1.26 bits per heavy atom. The Hall–Kier alpha value is -4.53. The molecule has 0 spiro atoms. The first-order valence-corrected chi connectivity index (χ1v) is 10.4. The Bertz CT molecular complexity index is 1310. The molecule has 0 saturated carbocycles. The van der Waals surface area contributed by atoms with E-state index in [0.717, 1.165) is 29.6 Å². The summed E-state index contributed by atoms with van der Waals surface area (Å²) in [6.07, 6.45) is 0. The fraction of sp³-hybridized carbons (Fsp3) is 0.0800. The number of hydrogen-bond acceptors (Lipinski definition) is 5. The summed E-state index contributed by atoms with van der Waals surface area (Å²) in [7, 11) is 0. The summed E-state index contributed by atoms with van der Waals surface area (Å²) < 4.78 is 27.0. The number of aryl methyl sites for hydroxylation is 2. The Morgan fingerprint density at radius 1 is 0.706 bits per heavy atom. The van der Waals surface area contributed by atoms with Crippen molar-refractivity contribution in [2.75, 3.05) is 21.3 Å². The van der Waals surface area contributed by atoms with Crippen LogP contribution in [0.25, 0.3) is 0 Å². The highest BCUT2D eigenvalue weighted by molar-refractivity contribution is 5.99. The van der Waals surface area contributed by atoms with Gasteiger partial charge < -0.3 is 21.3 Å². The molecule has 4 N–H and O–H groups in total. The molecule has 0 unspecified atom stereocenters. The molecule has 9 heteroatoms. The summed E-state index contributed by atoms with van der Waals surface area (Å²) in [5.41, 5.74) is 3.05. The minimum Gasteiger partial charge on any atom is -0.340 e. The second-order valence-corrected chi connectivity index (χ2v) is 7.58. The number of carbonyl (C=O) groups is 1. The van der Waals surface area contributed by atoms with E-state index in [0.29, 0.717) is 23.1 Å². The van der Waals surface area contributed by atoms with Gasteiger partial charge in [-0.05, 0) is 62.4 Å². The molecule has 34 heavy (non-hydrogen) atoms. The van der Waals surface area contributed by atoms with Crippen LogP contribution in [0.1, 0.15) is 11.4 Å². The molecular weight excluding hydrogens is 438 g/mol. The van der Waals surface area contributed by atoms with Crippen LogP contribution in [0.4, 0.5) is 48.0 Å². The molecule has 2 amide bonds. The number of rotatable bonds is 6. The molecule has 0 bridgehead atoms. The minimum atomic E-state index is -0.729. The molecule has 1 heterocycles. The zero-order valence-corrected chi connectivity index (χ0v) is 18.5. The first-order valence-electron chi connectivity index (χ1n) is 10.4. The number of benzene rings is 3. The Morgan fingerprint density at radius 3 is 1.88 bits per heavy atom. The van der Waals surface area contributed by atoms with E-state index in [1.54, 1.807) is 37.3 Å².